The van der Waals surface area contributed by atoms with Crippen molar-refractivity contribution in [1.82, 2.24) is 14.8 Å². The normalized spacial score (nSPS) is 10.5. The van der Waals surface area contributed by atoms with Gasteiger partial charge in [0.25, 0.3) is 0 Å². The first-order chi connectivity index (χ1) is 8.26. The molecule has 0 spiro atoms. The highest BCUT2D eigenvalue weighted by Gasteiger charge is 2.11. The lowest BCUT2D eigenvalue weighted by Crippen LogP contribution is -2.06. The first-order valence-corrected chi connectivity index (χ1v) is 6.77. The van der Waals surface area contributed by atoms with Crippen molar-refractivity contribution in [3.8, 4) is 11.4 Å². The molecule has 1 N–H and O–H groups in total. The van der Waals surface area contributed by atoms with E-state index in [1.165, 1.54) is 3.57 Å². The van der Waals surface area contributed by atoms with Gasteiger partial charge in [-0.2, -0.15) is 0 Å². The first kappa shape index (κ1) is 12.3. The van der Waals surface area contributed by atoms with Crippen LogP contribution in [0, 0.1) is 3.57 Å². The molecule has 17 heavy (non-hydrogen) atoms. The molecule has 1 heterocycles. The number of hydrogen-bond acceptors (Lipinski definition) is 3. The van der Waals surface area contributed by atoms with E-state index >= 15 is 0 Å². The van der Waals surface area contributed by atoms with Crippen LogP contribution in [0.25, 0.3) is 11.4 Å². The van der Waals surface area contributed by atoms with Crippen molar-refractivity contribution in [2.75, 3.05) is 11.9 Å². The fraction of sp³-hybridized carbons (Fsp3) is 0.333. The summed E-state index contributed by atoms with van der Waals surface area (Å²) in [4.78, 5) is 0. The van der Waals surface area contributed by atoms with Gasteiger partial charge in [0.15, 0.2) is 5.82 Å². The highest BCUT2D eigenvalue weighted by atomic mass is 127. The van der Waals surface area contributed by atoms with Gasteiger partial charge in [-0.3, -0.25) is 4.57 Å². The minimum absolute atomic E-state index is 0.837. The fourth-order valence-electron chi connectivity index (χ4n) is 1.70. The summed E-state index contributed by atoms with van der Waals surface area (Å²) >= 11 is 2.30. The van der Waals surface area contributed by atoms with E-state index < -0.39 is 0 Å². The van der Waals surface area contributed by atoms with Crippen LogP contribution in [0.15, 0.2) is 24.3 Å². The molecule has 2 rings (SSSR count). The number of halogens is 1. The maximum Gasteiger partial charge on any atom is 0.224 e. The van der Waals surface area contributed by atoms with Crippen LogP contribution in [-0.2, 0) is 6.54 Å². The molecule has 0 bridgehead atoms. The van der Waals surface area contributed by atoms with E-state index in [0.717, 1.165) is 30.4 Å². The van der Waals surface area contributed by atoms with E-state index in [1.807, 2.05) is 0 Å². The van der Waals surface area contributed by atoms with Crippen LogP contribution in [0.4, 0.5) is 5.95 Å². The van der Waals surface area contributed by atoms with E-state index in [0.29, 0.717) is 0 Å². The predicted octanol–water partition coefficient (Wildman–Crippen LogP) is 3.00. The molecule has 0 radical (unpaired) electrons. The maximum absolute atomic E-state index is 4.25. The summed E-state index contributed by atoms with van der Waals surface area (Å²) in [6.07, 6.45) is 0. The number of anilines is 1. The van der Waals surface area contributed by atoms with Crippen LogP contribution in [0.3, 0.4) is 0 Å². The fourth-order valence-corrected chi connectivity index (χ4v) is 2.06. The van der Waals surface area contributed by atoms with E-state index in [4.69, 9.17) is 0 Å². The third-order valence-corrected chi connectivity index (χ3v) is 3.22. The highest BCUT2D eigenvalue weighted by molar-refractivity contribution is 14.1. The number of aromatic nitrogens is 3. The molecule has 0 aliphatic heterocycles. The quantitative estimate of drug-likeness (QED) is 0.869. The predicted molar refractivity (Wildman–Crippen MR) is 78.0 cm³/mol. The molecule has 0 amide bonds. The maximum atomic E-state index is 4.25. The number of nitrogens with one attached hydrogen (secondary N) is 1. The number of rotatable bonds is 4. The van der Waals surface area contributed by atoms with Gasteiger partial charge in [0.2, 0.25) is 5.95 Å². The summed E-state index contributed by atoms with van der Waals surface area (Å²) in [6.45, 7) is 5.86. The zero-order chi connectivity index (χ0) is 12.3. The topological polar surface area (TPSA) is 42.7 Å². The molecule has 2 aromatic rings. The molecule has 5 heteroatoms. The second-order valence-electron chi connectivity index (χ2n) is 3.63. The molecule has 4 nitrogen and oxygen atoms in total. The van der Waals surface area contributed by atoms with Crippen LogP contribution in [-0.4, -0.2) is 21.3 Å². The van der Waals surface area contributed by atoms with Gasteiger partial charge in [0.05, 0.1) is 0 Å². The number of benzene rings is 1. The molecule has 0 atom stereocenters. The first-order valence-electron chi connectivity index (χ1n) is 5.69. The van der Waals surface area contributed by atoms with E-state index in [1.54, 1.807) is 0 Å². The standard InChI is InChI=1S/C12H15IN4/c1-3-14-12-16-15-11(17(12)4-2)9-5-7-10(13)8-6-9/h5-8H,3-4H2,1-2H3,(H,14,16). The molecular formula is C12H15IN4. The second kappa shape index (κ2) is 5.48. The molecule has 0 unspecified atom stereocenters. The Hall–Kier alpha value is -1.11. The summed E-state index contributed by atoms with van der Waals surface area (Å²) in [5.41, 5.74) is 1.10. The lowest BCUT2D eigenvalue weighted by molar-refractivity contribution is 0.770. The zero-order valence-corrected chi connectivity index (χ0v) is 12.1. The van der Waals surface area contributed by atoms with Crippen molar-refractivity contribution < 1.29 is 0 Å². The lowest BCUT2D eigenvalue weighted by Gasteiger charge is -2.07. The van der Waals surface area contributed by atoms with Crippen LogP contribution in [0.5, 0.6) is 0 Å². The van der Waals surface area contributed by atoms with E-state index in [2.05, 4.69) is 80.8 Å². The molecule has 0 aliphatic carbocycles. The van der Waals surface area contributed by atoms with Crippen molar-refractivity contribution in [2.24, 2.45) is 0 Å². The third-order valence-electron chi connectivity index (χ3n) is 2.50. The summed E-state index contributed by atoms with van der Waals surface area (Å²) in [7, 11) is 0. The largest absolute Gasteiger partial charge is 0.355 e. The van der Waals surface area contributed by atoms with Gasteiger partial charge in [-0.05, 0) is 48.6 Å². The lowest BCUT2D eigenvalue weighted by atomic mass is 10.2. The summed E-state index contributed by atoms with van der Waals surface area (Å²) < 4.78 is 3.31. The Morgan fingerprint density at radius 2 is 1.88 bits per heavy atom. The summed E-state index contributed by atoms with van der Waals surface area (Å²) in [5, 5.41) is 11.6. The number of hydrogen-bond donors (Lipinski definition) is 1. The van der Waals surface area contributed by atoms with Gasteiger partial charge in [-0.25, -0.2) is 0 Å². The molecule has 0 aliphatic rings. The SMILES string of the molecule is CCNc1nnc(-c2ccc(I)cc2)n1CC. The molecule has 0 saturated heterocycles. The minimum atomic E-state index is 0.837. The highest BCUT2D eigenvalue weighted by Crippen LogP contribution is 2.21. The Kier molecular flexibility index (Phi) is 3.98. The average molecular weight is 342 g/mol. The van der Waals surface area contributed by atoms with Gasteiger partial charge in [0.1, 0.15) is 0 Å². The zero-order valence-electron chi connectivity index (χ0n) is 9.94. The molecule has 1 aromatic heterocycles. The van der Waals surface area contributed by atoms with Crippen molar-refractivity contribution in [3.63, 3.8) is 0 Å². The number of nitrogens with zero attached hydrogens (tertiary/aromatic N) is 3. The monoisotopic (exact) mass is 342 g/mol. The van der Waals surface area contributed by atoms with Crippen molar-refractivity contribution in [3.05, 3.63) is 27.8 Å². The van der Waals surface area contributed by atoms with Crippen LogP contribution < -0.4 is 5.32 Å². The van der Waals surface area contributed by atoms with Gasteiger partial charge in [0, 0.05) is 22.2 Å². The molecule has 0 saturated carbocycles. The van der Waals surface area contributed by atoms with Gasteiger partial charge < -0.3 is 5.32 Å². The Bertz CT molecular complexity index is 490. The molecule has 0 fully saturated rings. The van der Waals surface area contributed by atoms with Gasteiger partial charge >= 0.3 is 0 Å². The molecular weight excluding hydrogens is 327 g/mol. The van der Waals surface area contributed by atoms with Gasteiger partial charge in [-0.1, -0.05) is 12.1 Å². The Morgan fingerprint density at radius 3 is 2.47 bits per heavy atom. The second-order valence-corrected chi connectivity index (χ2v) is 4.87. The van der Waals surface area contributed by atoms with Crippen molar-refractivity contribution >= 4 is 28.5 Å². The van der Waals surface area contributed by atoms with Crippen molar-refractivity contribution in [2.45, 2.75) is 20.4 Å². The van der Waals surface area contributed by atoms with Crippen LogP contribution >= 0.6 is 22.6 Å². The van der Waals surface area contributed by atoms with Gasteiger partial charge in [-0.15, -0.1) is 10.2 Å². The molecule has 1 aromatic carbocycles. The van der Waals surface area contributed by atoms with Crippen LogP contribution in [0.1, 0.15) is 13.8 Å². The third kappa shape index (κ3) is 2.59. The summed E-state index contributed by atoms with van der Waals surface area (Å²) in [6, 6.07) is 8.32. The van der Waals surface area contributed by atoms with Crippen LogP contribution in [0.2, 0.25) is 0 Å². The average Bonchev–Trinajstić information content (AvgIpc) is 2.73. The smallest absolute Gasteiger partial charge is 0.224 e. The Morgan fingerprint density at radius 1 is 1.18 bits per heavy atom. The minimum Gasteiger partial charge on any atom is -0.355 e. The Balaban J connectivity index is 2.41. The molecule has 90 valence electrons. The van der Waals surface area contributed by atoms with E-state index in [-0.39, 0.29) is 0 Å². The van der Waals surface area contributed by atoms with E-state index in [9.17, 15) is 0 Å². The summed E-state index contributed by atoms with van der Waals surface area (Å²) in [5.74, 6) is 1.75. The Labute approximate surface area is 115 Å². The van der Waals surface area contributed by atoms with Crippen molar-refractivity contribution in [1.29, 1.82) is 0 Å².